The summed E-state index contributed by atoms with van der Waals surface area (Å²) in [7, 11) is 0.642. The normalized spacial score (nSPS) is 11.2. The van der Waals surface area contributed by atoms with Crippen LogP contribution in [-0.2, 0) is 23.0 Å². The molecule has 0 aliphatic rings. The number of rotatable bonds is 6. The van der Waals surface area contributed by atoms with E-state index in [1.54, 1.807) is 11.8 Å². The van der Waals surface area contributed by atoms with Gasteiger partial charge in [0.25, 0.3) is 0 Å². The smallest absolute Gasteiger partial charge is 0.209 e. The van der Waals surface area contributed by atoms with E-state index in [0.717, 1.165) is 12.1 Å². The molecular weight excluding hydrogens is 364 g/mol. The molecule has 2 N–H and O–H groups in total. The van der Waals surface area contributed by atoms with Crippen LogP contribution < -0.4 is 5.14 Å². The standard InChI is InChI=1S/C12H20N2O2S.C8H10S/c1-10-4-5-11(6-7-17(13,15)16)8-12(10)9-14(2)3;1-7-3-5-8(9-2)6-4-7/h4-5,8H,6-7,9H2,1-3H3,(H2,13,15,16);3-6H,1-2H3. The number of benzene rings is 2. The lowest BCUT2D eigenvalue weighted by Gasteiger charge is -2.13. The summed E-state index contributed by atoms with van der Waals surface area (Å²) in [5, 5.41) is 5.00. The van der Waals surface area contributed by atoms with E-state index in [-0.39, 0.29) is 5.75 Å². The molecule has 0 aliphatic carbocycles. The Labute approximate surface area is 162 Å². The van der Waals surface area contributed by atoms with Crippen LogP contribution in [0.3, 0.4) is 0 Å². The van der Waals surface area contributed by atoms with Gasteiger partial charge in [-0.25, -0.2) is 13.6 Å². The maximum atomic E-state index is 10.9. The third-order valence-corrected chi connectivity index (χ3v) is 5.35. The first-order valence-corrected chi connectivity index (χ1v) is 11.4. The largest absolute Gasteiger partial charge is 0.305 e. The first-order valence-electron chi connectivity index (χ1n) is 8.45. The quantitative estimate of drug-likeness (QED) is 0.760. The molecule has 4 nitrogen and oxygen atoms in total. The van der Waals surface area contributed by atoms with Crippen molar-refractivity contribution in [3.05, 3.63) is 64.7 Å². The molecule has 0 aliphatic heterocycles. The van der Waals surface area contributed by atoms with Gasteiger partial charge in [-0.2, -0.15) is 0 Å². The van der Waals surface area contributed by atoms with E-state index in [4.69, 9.17) is 5.14 Å². The van der Waals surface area contributed by atoms with E-state index in [0.29, 0.717) is 6.42 Å². The molecule has 26 heavy (non-hydrogen) atoms. The Kier molecular flexibility index (Phi) is 9.36. The van der Waals surface area contributed by atoms with E-state index in [1.807, 2.05) is 26.2 Å². The molecule has 0 fully saturated rings. The van der Waals surface area contributed by atoms with Crippen molar-refractivity contribution in [2.45, 2.75) is 31.7 Å². The number of nitrogens with two attached hydrogens (primary N) is 1. The summed E-state index contributed by atoms with van der Waals surface area (Å²) in [5.74, 6) is -0.00251. The summed E-state index contributed by atoms with van der Waals surface area (Å²) in [6.45, 7) is 5.02. The van der Waals surface area contributed by atoms with Gasteiger partial charge in [-0.15, -0.1) is 11.8 Å². The molecule has 0 heterocycles. The maximum absolute atomic E-state index is 10.9. The molecule has 0 radical (unpaired) electrons. The average molecular weight is 395 g/mol. The number of hydrogen-bond acceptors (Lipinski definition) is 4. The minimum Gasteiger partial charge on any atom is -0.305 e. The van der Waals surface area contributed by atoms with E-state index in [2.05, 4.69) is 55.3 Å². The average Bonchev–Trinajstić information content (AvgIpc) is 2.56. The van der Waals surface area contributed by atoms with E-state index >= 15 is 0 Å². The minimum atomic E-state index is -3.38. The Bertz CT molecular complexity index is 786. The predicted molar refractivity (Wildman–Crippen MR) is 113 cm³/mol. The van der Waals surface area contributed by atoms with Crippen LogP contribution in [0.2, 0.25) is 0 Å². The number of sulfonamides is 1. The lowest BCUT2D eigenvalue weighted by atomic mass is 10.0. The van der Waals surface area contributed by atoms with Crippen LogP contribution in [0.4, 0.5) is 0 Å². The Morgan fingerprint density at radius 1 is 1.04 bits per heavy atom. The number of thioether (sulfide) groups is 1. The van der Waals surface area contributed by atoms with Crippen molar-refractivity contribution in [2.75, 3.05) is 26.1 Å². The van der Waals surface area contributed by atoms with Crippen molar-refractivity contribution >= 4 is 21.8 Å². The third kappa shape index (κ3) is 9.38. The number of hydrogen-bond donors (Lipinski definition) is 1. The molecule has 0 aromatic heterocycles. The molecule has 0 spiro atoms. The minimum absolute atomic E-state index is 0.00251. The first kappa shape index (κ1) is 22.7. The van der Waals surface area contributed by atoms with E-state index in [1.165, 1.54) is 21.6 Å². The van der Waals surface area contributed by atoms with Gasteiger partial charge in [-0.3, -0.25) is 0 Å². The van der Waals surface area contributed by atoms with E-state index < -0.39 is 10.0 Å². The van der Waals surface area contributed by atoms with Crippen LogP contribution in [0.15, 0.2) is 47.4 Å². The van der Waals surface area contributed by atoms with Crippen LogP contribution in [0.5, 0.6) is 0 Å². The van der Waals surface area contributed by atoms with Crippen molar-refractivity contribution in [1.82, 2.24) is 4.90 Å². The molecule has 2 aromatic carbocycles. The van der Waals surface area contributed by atoms with Gasteiger partial charge in [0, 0.05) is 11.4 Å². The second-order valence-corrected chi connectivity index (χ2v) is 9.25. The van der Waals surface area contributed by atoms with Crippen molar-refractivity contribution < 1.29 is 8.42 Å². The zero-order valence-electron chi connectivity index (χ0n) is 16.3. The fourth-order valence-electron chi connectivity index (χ4n) is 2.33. The molecule has 0 saturated carbocycles. The van der Waals surface area contributed by atoms with Crippen molar-refractivity contribution in [3.63, 3.8) is 0 Å². The highest BCUT2D eigenvalue weighted by Gasteiger charge is 2.06. The highest BCUT2D eigenvalue weighted by atomic mass is 32.2. The number of aryl methyl sites for hydroxylation is 3. The van der Waals surface area contributed by atoms with E-state index in [9.17, 15) is 8.42 Å². The molecule has 0 saturated heterocycles. The number of primary sulfonamides is 1. The van der Waals surface area contributed by atoms with Gasteiger partial charge in [-0.05, 0) is 69.4 Å². The molecule has 0 bridgehead atoms. The molecule has 2 aromatic rings. The van der Waals surface area contributed by atoms with Gasteiger partial charge in [-0.1, -0.05) is 35.9 Å². The first-order chi connectivity index (χ1) is 12.1. The second kappa shape index (κ2) is 10.7. The molecule has 144 valence electrons. The Morgan fingerprint density at radius 2 is 1.65 bits per heavy atom. The molecular formula is C20H30N2O2S2. The fraction of sp³-hybridized carbons (Fsp3) is 0.400. The summed E-state index contributed by atoms with van der Waals surface area (Å²) >= 11 is 1.78. The molecule has 2 rings (SSSR count). The molecule has 6 heteroatoms. The van der Waals surface area contributed by atoms with Gasteiger partial charge in [0.1, 0.15) is 0 Å². The van der Waals surface area contributed by atoms with Crippen molar-refractivity contribution in [2.24, 2.45) is 5.14 Å². The highest BCUT2D eigenvalue weighted by molar-refractivity contribution is 7.98. The Hall–Kier alpha value is -1.34. The number of nitrogens with zero attached hydrogens (tertiary/aromatic N) is 1. The monoisotopic (exact) mass is 394 g/mol. The van der Waals surface area contributed by atoms with Gasteiger partial charge in [0.05, 0.1) is 5.75 Å². The Morgan fingerprint density at radius 3 is 2.15 bits per heavy atom. The van der Waals surface area contributed by atoms with Crippen LogP contribution in [0.25, 0.3) is 0 Å². The summed E-state index contributed by atoms with van der Waals surface area (Å²) in [5.41, 5.74) is 4.79. The van der Waals surface area contributed by atoms with Crippen molar-refractivity contribution in [3.8, 4) is 0 Å². The summed E-state index contributed by atoms with van der Waals surface area (Å²) in [6.07, 6.45) is 2.56. The summed E-state index contributed by atoms with van der Waals surface area (Å²) in [6, 6.07) is 14.6. The zero-order chi connectivity index (χ0) is 19.7. The highest BCUT2D eigenvalue weighted by Crippen LogP contribution is 2.14. The summed E-state index contributed by atoms with van der Waals surface area (Å²) in [4.78, 5) is 3.42. The fourth-order valence-corrected chi connectivity index (χ4v) is 3.25. The molecule has 0 amide bonds. The lowest BCUT2D eigenvalue weighted by molar-refractivity contribution is 0.401. The molecule has 0 atom stereocenters. The van der Waals surface area contributed by atoms with Crippen LogP contribution in [-0.4, -0.2) is 39.4 Å². The van der Waals surface area contributed by atoms with Crippen LogP contribution in [0.1, 0.15) is 22.3 Å². The van der Waals surface area contributed by atoms with Gasteiger partial charge in [0.2, 0.25) is 10.0 Å². The molecule has 0 unspecified atom stereocenters. The van der Waals surface area contributed by atoms with Gasteiger partial charge in [0.15, 0.2) is 0 Å². The van der Waals surface area contributed by atoms with Crippen LogP contribution in [0, 0.1) is 13.8 Å². The third-order valence-electron chi connectivity index (χ3n) is 3.83. The van der Waals surface area contributed by atoms with Crippen molar-refractivity contribution in [1.29, 1.82) is 0 Å². The predicted octanol–water partition coefficient (Wildman–Crippen LogP) is 3.60. The SMILES string of the molecule is CSc1ccc(C)cc1.Cc1ccc(CCS(N)(=O)=O)cc1CN(C)C. The second-order valence-electron chi connectivity index (χ2n) is 6.63. The Balaban J connectivity index is 0.000000314. The maximum Gasteiger partial charge on any atom is 0.209 e. The summed E-state index contributed by atoms with van der Waals surface area (Å²) < 4.78 is 21.8. The topological polar surface area (TPSA) is 63.4 Å². The van der Waals surface area contributed by atoms with Gasteiger partial charge < -0.3 is 4.90 Å². The van der Waals surface area contributed by atoms with Gasteiger partial charge >= 0.3 is 0 Å². The van der Waals surface area contributed by atoms with Crippen LogP contribution >= 0.6 is 11.8 Å². The zero-order valence-corrected chi connectivity index (χ0v) is 18.0. The lowest BCUT2D eigenvalue weighted by Crippen LogP contribution is -2.18.